The fourth-order valence-electron chi connectivity index (χ4n) is 3.51. The van der Waals surface area contributed by atoms with Crippen LogP contribution in [0.1, 0.15) is 48.5 Å². The Balaban J connectivity index is 2.05. The van der Waals surface area contributed by atoms with Crippen LogP contribution in [0.4, 0.5) is 0 Å². The first-order valence-corrected chi connectivity index (χ1v) is 7.33. The van der Waals surface area contributed by atoms with Crippen LogP contribution in [0.5, 0.6) is 0 Å². The third kappa shape index (κ3) is 1.89. The van der Waals surface area contributed by atoms with Crippen molar-refractivity contribution < 1.29 is 14.7 Å². The van der Waals surface area contributed by atoms with E-state index in [1.807, 2.05) is 12.1 Å². The molecule has 1 aromatic carbocycles. The van der Waals surface area contributed by atoms with Crippen LogP contribution >= 0.6 is 0 Å². The summed E-state index contributed by atoms with van der Waals surface area (Å²) in [5.74, 6) is -0.643. The predicted octanol–water partition coefficient (Wildman–Crippen LogP) is 3.15. The van der Waals surface area contributed by atoms with Crippen LogP contribution in [-0.2, 0) is 4.79 Å². The summed E-state index contributed by atoms with van der Waals surface area (Å²) >= 11 is 0. The van der Waals surface area contributed by atoms with Crippen molar-refractivity contribution in [2.75, 3.05) is 0 Å². The number of amides is 1. The van der Waals surface area contributed by atoms with Gasteiger partial charge in [0.05, 0.1) is 0 Å². The number of nitrogens with zero attached hydrogens (tertiary/aromatic N) is 1. The molecule has 1 heterocycles. The lowest BCUT2D eigenvalue weighted by molar-refractivity contribution is -0.150. The summed E-state index contributed by atoms with van der Waals surface area (Å²) < 4.78 is 0. The molecule has 1 aromatic rings. The topological polar surface area (TPSA) is 57.6 Å². The first-order valence-electron chi connectivity index (χ1n) is 7.33. The Hall–Kier alpha value is -2.10. The van der Waals surface area contributed by atoms with Gasteiger partial charge in [0.15, 0.2) is 0 Å². The molecule has 0 spiro atoms. The summed E-state index contributed by atoms with van der Waals surface area (Å²) in [7, 11) is 0. The monoisotopic (exact) mass is 285 g/mol. The number of fused-ring (bicyclic) bond motifs is 1. The number of carboxylic acids is 1. The van der Waals surface area contributed by atoms with E-state index < -0.39 is 11.5 Å². The smallest absolute Gasteiger partial charge is 0.330 e. The van der Waals surface area contributed by atoms with Crippen LogP contribution in [0.2, 0.25) is 0 Å². The molecule has 1 aliphatic heterocycles. The van der Waals surface area contributed by atoms with Gasteiger partial charge in [-0.05, 0) is 37.7 Å². The average molecular weight is 285 g/mol. The molecule has 0 unspecified atom stereocenters. The molecule has 3 rings (SSSR count). The Morgan fingerprint density at radius 2 is 1.86 bits per heavy atom. The van der Waals surface area contributed by atoms with Gasteiger partial charge in [0.1, 0.15) is 5.54 Å². The van der Waals surface area contributed by atoms with Gasteiger partial charge >= 0.3 is 5.97 Å². The summed E-state index contributed by atoms with van der Waals surface area (Å²) in [6.45, 7) is 6.12. The van der Waals surface area contributed by atoms with Gasteiger partial charge in [-0.25, -0.2) is 4.79 Å². The number of benzene rings is 1. The van der Waals surface area contributed by atoms with Crippen molar-refractivity contribution in [3.63, 3.8) is 0 Å². The molecule has 4 heteroatoms. The van der Waals surface area contributed by atoms with Crippen LogP contribution in [0.25, 0.3) is 5.70 Å². The fraction of sp³-hybridized carbons (Fsp3) is 0.412. The van der Waals surface area contributed by atoms with Gasteiger partial charge in [0, 0.05) is 16.8 Å². The molecular weight excluding hydrogens is 266 g/mol. The van der Waals surface area contributed by atoms with Crippen LogP contribution in [0.3, 0.4) is 0 Å². The van der Waals surface area contributed by atoms with Gasteiger partial charge in [-0.15, -0.1) is 0 Å². The summed E-state index contributed by atoms with van der Waals surface area (Å²) in [6, 6.07) is 7.21. The molecule has 0 atom stereocenters. The third-order valence-corrected chi connectivity index (χ3v) is 4.87. The molecule has 0 saturated heterocycles. The van der Waals surface area contributed by atoms with Crippen molar-refractivity contribution in [1.29, 1.82) is 0 Å². The first-order chi connectivity index (χ1) is 9.97. The van der Waals surface area contributed by atoms with Gasteiger partial charge in [-0.2, -0.15) is 0 Å². The number of rotatable bonds is 2. The van der Waals surface area contributed by atoms with E-state index in [1.165, 1.54) is 4.90 Å². The average Bonchev–Trinajstić information content (AvgIpc) is 2.73. The largest absolute Gasteiger partial charge is 0.479 e. The van der Waals surface area contributed by atoms with Gasteiger partial charge in [-0.1, -0.05) is 31.7 Å². The molecule has 0 aromatic heterocycles. The molecule has 21 heavy (non-hydrogen) atoms. The second-order valence-corrected chi connectivity index (χ2v) is 6.15. The Bertz CT molecular complexity index is 592. The van der Waals surface area contributed by atoms with Crippen LogP contribution in [-0.4, -0.2) is 27.4 Å². The minimum atomic E-state index is -1.14. The minimum Gasteiger partial charge on any atom is -0.479 e. The van der Waals surface area contributed by atoms with Gasteiger partial charge in [0.25, 0.3) is 5.91 Å². The summed E-state index contributed by atoms with van der Waals surface area (Å²) in [5.41, 5.74) is 0.690. The fourth-order valence-corrected chi connectivity index (χ4v) is 3.51. The standard InChI is InChI=1S/C17H19NO3/c1-11-7-9-17(10-8-11,16(20)21)18-12(2)13-5-3-4-6-14(13)15(18)19/h3-6,11H,2,7-10H2,1H3,(H,20,21). The van der Waals surface area contributed by atoms with E-state index in [1.54, 1.807) is 12.1 Å². The molecule has 0 radical (unpaired) electrons. The van der Waals surface area contributed by atoms with Crippen molar-refractivity contribution in [1.82, 2.24) is 4.90 Å². The highest BCUT2D eigenvalue weighted by Gasteiger charge is 2.52. The van der Waals surface area contributed by atoms with E-state index in [2.05, 4.69) is 13.5 Å². The van der Waals surface area contributed by atoms with E-state index in [0.29, 0.717) is 30.0 Å². The van der Waals surface area contributed by atoms with Crippen LogP contribution < -0.4 is 0 Å². The van der Waals surface area contributed by atoms with Gasteiger partial charge in [0.2, 0.25) is 0 Å². The minimum absolute atomic E-state index is 0.229. The molecule has 4 nitrogen and oxygen atoms in total. The van der Waals surface area contributed by atoms with Crippen LogP contribution in [0.15, 0.2) is 30.8 Å². The highest BCUT2D eigenvalue weighted by molar-refractivity contribution is 6.11. The number of hydrogen-bond acceptors (Lipinski definition) is 2. The van der Waals surface area contributed by atoms with Crippen molar-refractivity contribution in [2.45, 2.75) is 38.1 Å². The zero-order valence-corrected chi connectivity index (χ0v) is 12.1. The molecule has 1 fully saturated rings. The zero-order valence-electron chi connectivity index (χ0n) is 12.1. The highest BCUT2D eigenvalue weighted by atomic mass is 16.4. The molecule has 1 amide bonds. The van der Waals surface area contributed by atoms with E-state index in [9.17, 15) is 14.7 Å². The second-order valence-electron chi connectivity index (χ2n) is 6.15. The molecule has 2 aliphatic rings. The van der Waals surface area contributed by atoms with E-state index in [-0.39, 0.29) is 5.91 Å². The maximum absolute atomic E-state index is 12.7. The van der Waals surface area contributed by atoms with E-state index in [0.717, 1.165) is 18.4 Å². The summed E-state index contributed by atoms with van der Waals surface area (Å²) in [4.78, 5) is 26.1. The SMILES string of the molecule is C=C1c2ccccc2C(=O)N1C1(C(=O)O)CCC(C)CC1. The highest BCUT2D eigenvalue weighted by Crippen LogP contribution is 2.44. The molecule has 1 N–H and O–H groups in total. The lowest BCUT2D eigenvalue weighted by Crippen LogP contribution is -2.56. The van der Waals surface area contributed by atoms with Crippen molar-refractivity contribution in [3.05, 3.63) is 42.0 Å². The van der Waals surface area contributed by atoms with E-state index >= 15 is 0 Å². The summed E-state index contributed by atoms with van der Waals surface area (Å²) in [6.07, 6.45) is 2.61. The quantitative estimate of drug-likeness (QED) is 0.908. The number of carboxylic acid groups (broad SMARTS) is 1. The normalized spacial score (nSPS) is 28.6. The van der Waals surface area contributed by atoms with Gasteiger partial charge < -0.3 is 5.11 Å². The predicted molar refractivity (Wildman–Crippen MR) is 79.6 cm³/mol. The number of hydrogen-bond donors (Lipinski definition) is 1. The number of aliphatic carboxylic acids is 1. The Labute approximate surface area is 124 Å². The lowest BCUT2D eigenvalue weighted by atomic mass is 9.76. The molecule has 1 aliphatic carbocycles. The Morgan fingerprint density at radius 1 is 1.29 bits per heavy atom. The molecule has 1 saturated carbocycles. The third-order valence-electron chi connectivity index (χ3n) is 4.87. The summed E-state index contributed by atoms with van der Waals surface area (Å²) in [5, 5.41) is 9.81. The molecular formula is C17H19NO3. The van der Waals surface area contributed by atoms with E-state index in [4.69, 9.17) is 0 Å². The van der Waals surface area contributed by atoms with Crippen molar-refractivity contribution >= 4 is 17.6 Å². The van der Waals surface area contributed by atoms with Crippen molar-refractivity contribution in [2.24, 2.45) is 5.92 Å². The lowest BCUT2D eigenvalue weighted by Gasteiger charge is -2.42. The number of carbonyl (C=O) groups excluding carboxylic acids is 1. The zero-order chi connectivity index (χ0) is 15.2. The molecule has 110 valence electrons. The van der Waals surface area contributed by atoms with Crippen LogP contribution in [0, 0.1) is 5.92 Å². The Morgan fingerprint density at radius 3 is 2.38 bits per heavy atom. The maximum Gasteiger partial charge on any atom is 0.330 e. The molecule has 0 bridgehead atoms. The number of carbonyl (C=O) groups is 2. The van der Waals surface area contributed by atoms with Gasteiger partial charge in [-0.3, -0.25) is 9.69 Å². The second kappa shape index (κ2) is 4.72. The Kier molecular flexibility index (Phi) is 3.12. The van der Waals surface area contributed by atoms with Crippen molar-refractivity contribution in [3.8, 4) is 0 Å². The first kappa shape index (κ1) is 13.9. The maximum atomic E-state index is 12.7.